The minimum Gasteiger partial charge on any atom is -0.467 e. The highest BCUT2D eigenvalue weighted by Gasteiger charge is 2.25. The minimum atomic E-state index is -0.616. The lowest BCUT2D eigenvalue weighted by molar-refractivity contribution is -0.00955. The van der Waals surface area contributed by atoms with Gasteiger partial charge in [0.25, 0.3) is 0 Å². The molecular formula is C25H28N2O4. The lowest BCUT2D eigenvalue weighted by atomic mass is 10.0. The molecule has 1 aliphatic heterocycles. The van der Waals surface area contributed by atoms with Gasteiger partial charge in [-0.1, -0.05) is 65.8 Å². The number of rotatable bonds is 11. The highest BCUT2D eigenvalue weighted by molar-refractivity contribution is 6.01. The quantitative estimate of drug-likeness (QED) is 0.510. The van der Waals surface area contributed by atoms with Crippen LogP contribution in [0.1, 0.15) is 23.3 Å². The maximum absolute atomic E-state index is 10.6. The van der Waals surface area contributed by atoms with Crippen molar-refractivity contribution in [2.24, 2.45) is 5.16 Å². The molecule has 1 aromatic heterocycles. The van der Waals surface area contributed by atoms with Crippen molar-refractivity contribution in [1.82, 2.24) is 4.90 Å². The van der Waals surface area contributed by atoms with Crippen LogP contribution in [0, 0.1) is 0 Å². The molecule has 0 unspecified atom stereocenters. The number of furan rings is 1. The molecule has 1 N–H and O–H groups in total. The van der Waals surface area contributed by atoms with E-state index in [4.69, 9.17) is 14.0 Å². The molecule has 0 bridgehead atoms. The number of aliphatic hydroxyl groups excluding tert-OH is 1. The fourth-order valence-electron chi connectivity index (χ4n) is 3.70. The normalized spacial score (nSPS) is 16.8. The van der Waals surface area contributed by atoms with Gasteiger partial charge in [0.15, 0.2) is 0 Å². The Morgan fingerprint density at radius 2 is 1.81 bits per heavy atom. The average molecular weight is 421 g/mol. The van der Waals surface area contributed by atoms with Gasteiger partial charge in [-0.3, -0.25) is 4.90 Å². The third kappa shape index (κ3) is 6.52. The summed E-state index contributed by atoms with van der Waals surface area (Å²) in [7, 11) is 0. The van der Waals surface area contributed by atoms with Crippen LogP contribution in [0.5, 0.6) is 0 Å². The van der Waals surface area contributed by atoms with E-state index in [1.807, 2.05) is 60.7 Å². The van der Waals surface area contributed by atoms with Crippen molar-refractivity contribution in [2.75, 3.05) is 19.7 Å². The second-order valence-electron chi connectivity index (χ2n) is 7.76. The van der Waals surface area contributed by atoms with Gasteiger partial charge in [0, 0.05) is 26.1 Å². The Hall–Kier alpha value is -2.93. The first-order valence-electron chi connectivity index (χ1n) is 10.6. The predicted octanol–water partition coefficient (Wildman–Crippen LogP) is 3.85. The summed E-state index contributed by atoms with van der Waals surface area (Å²) in [5.41, 5.74) is 3.24. The first kappa shape index (κ1) is 21.3. The molecule has 0 saturated heterocycles. The van der Waals surface area contributed by atoms with Gasteiger partial charge >= 0.3 is 0 Å². The molecule has 0 saturated carbocycles. The first-order chi connectivity index (χ1) is 15.3. The Bertz CT molecular complexity index is 929. The minimum absolute atomic E-state index is 0.0462. The Balaban J connectivity index is 1.32. The van der Waals surface area contributed by atoms with Crippen LogP contribution < -0.4 is 0 Å². The summed E-state index contributed by atoms with van der Waals surface area (Å²) in [6.45, 7) is 2.46. The van der Waals surface area contributed by atoms with Crippen LogP contribution in [0.2, 0.25) is 0 Å². The second-order valence-corrected chi connectivity index (χ2v) is 7.76. The van der Waals surface area contributed by atoms with Crippen LogP contribution >= 0.6 is 0 Å². The molecule has 4 rings (SSSR count). The van der Waals surface area contributed by atoms with E-state index in [1.54, 1.807) is 6.26 Å². The van der Waals surface area contributed by atoms with Crippen molar-refractivity contribution in [2.45, 2.75) is 31.8 Å². The third-order valence-electron chi connectivity index (χ3n) is 5.15. The summed E-state index contributed by atoms with van der Waals surface area (Å²) in [5.74, 6) is 0.748. The van der Waals surface area contributed by atoms with Crippen LogP contribution in [0.25, 0.3) is 0 Å². The van der Waals surface area contributed by atoms with E-state index in [-0.39, 0.29) is 12.7 Å². The monoisotopic (exact) mass is 420 g/mol. The van der Waals surface area contributed by atoms with E-state index in [0.717, 1.165) is 30.0 Å². The number of hydrogen-bond acceptors (Lipinski definition) is 6. The van der Waals surface area contributed by atoms with E-state index >= 15 is 0 Å². The molecule has 6 heteroatoms. The van der Waals surface area contributed by atoms with Gasteiger partial charge in [-0.25, -0.2) is 0 Å². The van der Waals surface area contributed by atoms with Crippen LogP contribution in [-0.4, -0.2) is 47.6 Å². The number of hydrogen-bond donors (Lipinski definition) is 1. The van der Waals surface area contributed by atoms with Gasteiger partial charge in [-0.05, 0) is 23.3 Å². The van der Waals surface area contributed by atoms with E-state index in [0.29, 0.717) is 19.7 Å². The van der Waals surface area contributed by atoms with Crippen molar-refractivity contribution < 1.29 is 19.1 Å². The van der Waals surface area contributed by atoms with Crippen LogP contribution in [-0.2, 0) is 22.7 Å². The highest BCUT2D eigenvalue weighted by Crippen LogP contribution is 2.19. The fourth-order valence-corrected chi connectivity index (χ4v) is 3.70. The molecule has 31 heavy (non-hydrogen) atoms. The van der Waals surface area contributed by atoms with Gasteiger partial charge in [0.05, 0.1) is 24.7 Å². The Kier molecular flexibility index (Phi) is 7.50. The Labute approximate surface area is 182 Å². The first-order valence-corrected chi connectivity index (χ1v) is 10.6. The zero-order chi connectivity index (χ0) is 21.3. The maximum atomic E-state index is 10.6. The van der Waals surface area contributed by atoms with Gasteiger partial charge in [-0.15, -0.1) is 0 Å². The summed E-state index contributed by atoms with van der Waals surface area (Å²) in [4.78, 5) is 7.92. The molecular weight excluding hydrogens is 392 g/mol. The second kappa shape index (κ2) is 10.9. The summed E-state index contributed by atoms with van der Waals surface area (Å²) < 4.78 is 10.9. The van der Waals surface area contributed by atoms with Crippen LogP contribution in [0.3, 0.4) is 0 Å². The van der Waals surface area contributed by atoms with Gasteiger partial charge in [0.2, 0.25) is 0 Å². The van der Waals surface area contributed by atoms with E-state index in [9.17, 15) is 5.11 Å². The molecule has 162 valence electrons. The number of nitrogens with zero attached hydrogens (tertiary/aromatic N) is 2. The lowest BCUT2D eigenvalue weighted by Crippen LogP contribution is -2.39. The molecule has 3 aromatic rings. The molecule has 0 radical (unpaired) electrons. The Morgan fingerprint density at radius 3 is 2.55 bits per heavy atom. The highest BCUT2D eigenvalue weighted by atomic mass is 16.6. The summed E-state index contributed by atoms with van der Waals surface area (Å²) >= 11 is 0. The third-order valence-corrected chi connectivity index (χ3v) is 5.15. The predicted molar refractivity (Wildman–Crippen MR) is 119 cm³/mol. The number of benzene rings is 2. The molecule has 0 amide bonds. The number of oxime groups is 1. The zero-order valence-electron chi connectivity index (χ0n) is 17.5. The van der Waals surface area contributed by atoms with E-state index in [2.05, 4.69) is 22.2 Å². The summed E-state index contributed by atoms with van der Waals surface area (Å²) in [6.07, 6.45) is 1.70. The van der Waals surface area contributed by atoms with Gasteiger partial charge < -0.3 is 19.1 Å². The van der Waals surface area contributed by atoms with E-state index in [1.165, 1.54) is 5.56 Å². The summed E-state index contributed by atoms with van der Waals surface area (Å²) in [6, 6.07) is 24.0. The maximum Gasteiger partial charge on any atom is 0.145 e. The molecule has 1 aliphatic rings. The van der Waals surface area contributed by atoms with E-state index < -0.39 is 6.10 Å². The topological polar surface area (TPSA) is 67.4 Å². The van der Waals surface area contributed by atoms with Crippen LogP contribution in [0.15, 0.2) is 88.6 Å². The molecule has 6 nitrogen and oxygen atoms in total. The Morgan fingerprint density at radius 1 is 1.03 bits per heavy atom. The van der Waals surface area contributed by atoms with Crippen molar-refractivity contribution in [1.29, 1.82) is 0 Å². The summed E-state index contributed by atoms with van der Waals surface area (Å²) in [5, 5.41) is 14.9. The van der Waals surface area contributed by atoms with Gasteiger partial charge in [-0.2, -0.15) is 0 Å². The molecule has 2 aromatic carbocycles. The van der Waals surface area contributed by atoms with Crippen molar-refractivity contribution in [3.05, 3.63) is 95.9 Å². The standard InChI is InChI=1S/C25H28N2O4/c28-22(18-29-19-23-12-7-13-30-23)16-27(15-20-8-3-1-4-9-20)17-24-14-25(26-31-24)21-10-5-2-6-11-21/h1-13,22,24,28H,14-19H2/t22-,24-/m0/s1. The number of aliphatic hydroxyl groups is 1. The molecule has 0 spiro atoms. The van der Waals surface area contributed by atoms with Crippen LogP contribution in [0.4, 0.5) is 0 Å². The molecule has 2 atom stereocenters. The largest absolute Gasteiger partial charge is 0.467 e. The van der Waals surface area contributed by atoms with Crippen molar-refractivity contribution >= 4 is 5.71 Å². The lowest BCUT2D eigenvalue weighted by Gasteiger charge is -2.27. The number of ether oxygens (including phenoxy) is 1. The molecule has 2 heterocycles. The SMILES string of the molecule is O[C@H](COCc1ccco1)CN(Cc1ccccc1)C[C@@H]1CC(c2ccccc2)=NO1. The zero-order valence-corrected chi connectivity index (χ0v) is 17.5. The molecule has 0 aliphatic carbocycles. The smallest absolute Gasteiger partial charge is 0.145 e. The fraction of sp³-hybridized carbons (Fsp3) is 0.320. The average Bonchev–Trinajstić information content (AvgIpc) is 3.47. The van der Waals surface area contributed by atoms with Crippen molar-refractivity contribution in [3.63, 3.8) is 0 Å². The molecule has 0 fully saturated rings. The van der Waals surface area contributed by atoms with Crippen molar-refractivity contribution in [3.8, 4) is 0 Å². The van der Waals surface area contributed by atoms with Gasteiger partial charge in [0.1, 0.15) is 18.5 Å².